The largest absolute Gasteiger partial charge is 0.398 e. The Morgan fingerprint density at radius 3 is 2.61 bits per heavy atom. The van der Waals surface area contributed by atoms with E-state index < -0.39 is 11.9 Å². The third kappa shape index (κ3) is 3.82. The summed E-state index contributed by atoms with van der Waals surface area (Å²) < 4.78 is 13.0. The monoisotopic (exact) mass is 450 g/mol. The summed E-state index contributed by atoms with van der Waals surface area (Å²) in [6.07, 6.45) is 3.51. The Kier molecular flexibility index (Phi) is 5.28. The molecule has 0 radical (unpaired) electrons. The summed E-state index contributed by atoms with van der Waals surface area (Å²) in [6.45, 7) is 2.16. The van der Waals surface area contributed by atoms with Gasteiger partial charge in [0.1, 0.15) is 11.5 Å². The molecule has 1 aliphatic carbocycles. The molecule has 2 aromatic rings. The predicted molar refractivity (Wildman–Crippen MR) is 124 cm³/mol. The van der Waals surface area contributed by atoms with E-state index in [1.54, 1.807) is 24.3 Å². The number of hydrogen-bond donors (Lipinski definition) is 5. The molecule has 3 atom stereocenters. The van der Waals surface area contributed by atoms with E-state index in [0.717, 1.165) is 25.1 Å². The average Bonchev–Trinajstić information content (AvgIpc) is 2.89. The molecular formula is C24H27FN6O2. The van der Waals surface area contributed by atoms with Gasteiger partial charge < -0.3 is 21.7 Å². The van der Waals surface area contributed by atoms with Crippen LogP contribution in [0.5, 0.6) is 0 Å². The highest BCUT2D eigenvalue weighted by atomic mass is 19.1. The molecule has 3 fully saturated rings. The lowest BCUT2D eigenvalue weighted by Crippen LogP contribution is -2.64. The molecule has 172 valence electrons. The molecule has 0 aromatic heterocycles. The molecule has 2 aliphatic heterocycles. The summed E-state index contributed by atoms with van der Waals surface area (Å²) in [5.41, 5.74) is 7.85. The molecule has 2 heterocycles. The SMILES string of the molecule is N=C(C(=O)NC1CN2CCC23CCC13)c1cc(NC(=O)NCc2ccc(F)cc2)ccc1N. The summed E-state index contributed by atoms with van der Waals surface area (Å²) in [4.78, 5) is 27.6. The van der Waals surface area contributed by atoms with Crippen molar-refractivity contribution in [2.45, 2.75) is 37.4 Å². The van der Waals surface area contributed by atoms with E-state index in [-0.39, 0.29) is 29.7 Å². The number of carbonyl (C=O) groups is 2. The number of halogens is 1. The number of nitrogen functional groups attached to an aromatic ring is 1. The molecule has 1 saturated carbocycles. The highest BCUT2D eigenvalue weighted by molar-refractivity contribution is 6.45. The van der Waals surface area contributed by atoms with E-state index in [0.29, 0.717) is 22.8 Å². The number of anilines is 2. The number of nitrogens with two attached hydrogens (primary N) is 1. The third-order valence-corrected chi connectivity index (χ3v) is 7.42. The zero-order valence-corrected chi connectivity index (χ0v) is 18.2. The Bertz CT molecular complexity index is 1120. The molecule has 3 aliphatic rings. The van der Waals surface area contributed by atoms with Gasteiger partial charge >= 0.3 is 6.03 Å². The zero-order valence-electron chi connectivity index (χ0n) is 18.2. The molecule has 8 nitrogen and oxygen atoms in total. The molecule has 33 heavy (non-hydrogen) atoms. The van der Waals surface area contributed by atoms with Crippen LogP contribution in [0.4, 0.5) is 20.6 Å². The van der Waals surface area contributed by atoms with Crippen molar-refractivity contribution in [1.82, 2.24) is 15.5 Å². The topological polar surface area (TPSA) is 123 Å². The fourth-order valence-corrected chi connectivity index (χ4v) is 5.44. The van der Waals surface area contributed by atoms with Gasteiger partial charge in [0.2, 0.25) is 0 Å². The molecule has 1 spiro atoms. The summed E-state index contributed by atoms with van der Waals surface area (Å²) in [5.74, 6) is -0.318. The van der Waals surface area contributed by atoms with E-state index in [9.17, 15) is 14.0 Å². The van der Waals surface area contributed by atoms with E-state index >= 15 is 0 Å². The fourth-order valence-electron chi connectivity index (χ4n) is 5.44. The van der Waals surface area contributed by atoms with Gasteiger partial charge in [0, 0.05) is 48.2 Å². The van der Waals surface area contributed by atoms with E-state index in [2.05, 4.69) is 20.9 Å². The molecule has 5 rings (SSSR count). The Morgan fingerprint density at radius 1 is 1.18 bits per heavy atom. The average molecular weight is 451 g/mol. The van der Waals surface area contributed by atoms with Crippen LogP contribution >= 0.6 is 0 Å². The minimum atomic E-state index is -0.461. The van der Waals surface area contributed by atoms with Gasteiger partial charge in [0.05, 0.1) is 0 Å². The molecule has 2 aromatic carbocycles. The van der Waals surface area contributed by atoms with E-state index in [1.807, 2.05) is 0 Å². The third-order valence-electron chi connectivity index (χ3n) is 7.42. The second-order valence-electron chi connectivity index (χ2n) is 9.14. The number of carbonyl (C=O) groups excluding carboxylic acids is 2. The standard InChI is InChI=1S/C24H27FN6O2/c25-15-3-1-14(2-4-15)12-28-23(33)29-16-5-6-19(26)17(11-16)21(27)22(32)30-20-13-31-10-9-24(31)8-7-18(20)24/h1-6,11,18,20,27H,7-10,12-13,26H2,(H,30,32)(H2,28,29,33). The van der Waals surface area contributed by atoms with Gasteiger partial charge in [-0.3, -0.25) is 15.1 Å². The van der Waals surface area contributed by atoms with Gasteiger partial charge in [-0.15, -0.1) is 0 Å². The number of rotatable bonds is 6. The second kappa shape index (κ2) is 8.15. The van der Waals surface area contributed by atoms with Crippen molar-refractivity contribution in [3.05, 3.63) is 59.4 Å². The maximum Gasteiger partial charge on any atom is 0.319 e. The van der Waals surface area contributed by atoms with Gasteiger partial charge in [0.15, 0.2) is 0 Å². The van der Waals surface area contributed by atoms with Gasteiger partial charge in [-0.2, -0.15) is 0 Å². The summed E-state index contributed by atoms with van der Waals surface area (Å²) in [6, 6.07) is 10.2. The van der Waals surface area contributed by atoms with Crippen LogP contribution in [0, 0.1) is 17.1 Å². The first-order chi connectivity index (χ1) is 15.9. The summed E-state index contributed by atoms with van der Waals surface area (Å²) in [5, 5.41) is 16.8. The quantitative estimate of drug-likeness (QED) is 0.343. The minimum Gasteiger partial charge on any atom is -0.398 e. The second-order valence-corrected chi connectivity index (χ2v) is 9.14. The van der Waals surface area contributed by atoms with Crippen molar-refractivity contribution in [2.75, 3.05) is 24.1 Å². The van der Waals surface area contributed by atoms with Crippen LogP contribution in [0.3, 0.4) is 0 Å². The van der Waals surface area contributed by atoms with Crippen LogP contribution in [0.15, 0.2) is 42.5 Å². The smallest absolute Gasteiger partial charge is 0.319 e. The first-order valence-electron chi connectivity index (χ1n) is 11.2. The first-order valence-corrected chi connectivity index (χ1v) is 11.2. The van der Waals surface area contributed by atoms with Gasteiger partial charge in [-0.25, -0.2) is 9.18 Å². The van der Waals surface area contributed by atoms with Crippen LogP contribution < -0.4 is 21.7 Å². The lowest BCUT2D eigenvalue weighted by molar-refractivity contribution is -0.116. The molecule has 9 heteroatoms. The number of nitrogens with one attached hydrogen (secondary N) is 4. The van der Waals surface area contributed by atoms with Crippen molar-refractivity contribution in [3.8, 4) is 0 Å². The number of nitrogens with zero attached hydrogens (tertiary/aromatic N) is 1. The van der Waals surface area contributed by atoms with Gasteiger partial charge in [-0.05, 0) is 61.1 Å². The summed E-state index contributed by atoms with van der Waals surface area (Å²) in [7, 11) is 0. The van der Waals surface area contributed by atoms with Crippen LogP contribution in [-0.2, 0) is 11.3 Å². The zero-order chi connectivity index (χ0) is 23.2. The van der Waals surface area contributed by atoms with Gasteiger partial charge in [-0.1, -0.05) is 12.1 Å². The summed E-state index contributed by atoms with van der Waals surface area (Å²) >= 11 is 0. The number of hydrogen-bond acceptors (Lipinski definition) is 5. The molecule has 0 bridgehead atoms. The first kappa shape index (κ1) is 21.4. The highest BCUT2D eigenvalue weighted by Gasteiger charge is 2.63. The number of benzene rings is 2. The lowest BCUT2D eigenvalue weighted by Gasteiger charge is -2.58. The van der Waals surface area contributed by atoms with Crippen molar-refractivity contribution in [2.24, 2.45) is 5.92 Å². The van der Waals surface area contributed by atoms with Crippen molar-refractivity contribution < 1.29 is 14.0 Å². The van der Waals surface area contributed by atoms with E-state index in [4.69, 9.17) is 11.1 Å². The van der Waals surface area contributed by atoms with Crippen LogP contribution in [-0.4, -0.2) is 47.2 Å². The molecule has 3 amide bonds. The number of amides is 3. The Balaban J connectivity index is 1.19. The Morgan fingerprint density at radius 2 is 1.97 bits per heavy atom. The predicted octanol–water partition coefficient (Wildman–Crippen LogP) is 2.45. The number of urea groups is 1. The van der Waals surface area contributed by atoms with Crippen molar-refractivity contribution in [1.29, 1.82) is 5.41 Å². The molecule has 2 saturated heterocycles. The van der Waals surface area contributed by atoms with E-state index in [1.165, 1.54) is 31.0 Å². The van der Waals surface area contributed by atoms with Crippen LogP contribution in [0.1, 0.15) is 30.4 Å². The molecular weight excluding hydrogens is 423 g/mol. The Labute approximate surface area is 191 Å². The van der Waals surface area contributed by atoms with Crippen LogP contribution in [0.2, 0.25) is 0 Å². The fraction of sp³-hybridized carbons (Fsp3) is 0.375. The normalized spacial score (nSPS) is 25.1. The Hall–Kier alpha value is -3.46. The molecule has 6 N–H and O–H groups in total. The van der Waals surface area contributed by atoms with Crippen molar-refractivity contribution >= 4 is 29.0 Å². The van der Waals surface area contributed by atoms with Crippen LogP contribution in [0.25, 0.3) is 0 Å². The van der Waals surface area contributed by atoms with Crippen molar-refractivity contribution in [3.63, 3.8) is 0 Å². The highest BCUT2D eigenvalue weighted by Crippen LogP contribution is 2.57. The maximum absolute atomic E-state index is 13.0. The minimum absolute atomic E-state index is 0.0638. The lowest BCUT2D eigenvalue weighted by atomic mass is 9.61. The van der Waals surface area contributed by atoms with Gasteiger partial charge in [0.25, 0.3) is 5.91 Å². The maximum atomic E-state index is 13.0. The molecule has 3 unspecified atom stereocenters.